The molecule has 3 atom stereocenters. The lowest BCUT2D eigenvalue weighted by atomic mass is 10.0. The third kappa shape index (κ3) is 7.67. The van der Waals surface area contributed by atoms with Crippen LogP contribution in [0.2, 0.25) is 0 Å². The third-order valence-electron chi connectivity index (χ3n) is 7.62. The second-order valence-corrected chi connectivity index (χ2v) is 10.8. The van der Waals surface area contributed by atoms with Gasteiger partial charge in [0.05, 0.1) is 12.6 Å². The summed E-state index contributed by atoms with van der Waals surface area (Å²) in [5.74, 6) is -3.12. The molecule has 3 aromatic carbocycles. The zero-order chi connectivity index (χ0) is 31.9. The van der Waals surface area contributed by atoms with Crippen molar-refractivity contribution in [1.29, 1.82) is 0 Å². The molecule has 5 rings (SSSR count). The Hall–Kier alpha value is -5.62. The largest absolute Gasteiger partial charge is 0.508 e. The number of benzene rings is 3. The van der Waals surface area contributed by atoms with Crippen molar-refractivity contribution in [3.63, 3.8) is 0 Å². The van der Waals surface area contributed by atoms with Crippen molar-refractivity contribution in [2.24, 2.45) is 5.73 Å². The highest BCUT2D eigenvalue weighted by Crippen LogP contribution is 2.20. The monoisotopic (exact) mass is 610 g/mol. The van der Waals surface area contributed by atoms with Crippen molar-refractivity contribution >= 4 is 45.5 Å². The number of hydrogen-bond donors (Lipinski definition) is 8. The highest BCUT2D eigenvalue weighted by atomic mass is 16.4. The topological polar surface area (TPSA) is 202 Å². The Kier molecular flexibility index (Phi) is 9.44. The van der Waals surface area contributed by atoms with Gasteiger partial charge in [-0.1, -0.05) is 48.5 Å². The van der Waals surface area contributed by atoms with E-state index in [2.05, 4.69) is 25.9 Å². The Morgan fingerprint density at radius 2 is 1.29 bits per heavy atom. The lowest BCUT2D eigenvalue weighted by molar-refractivity contribution is -0.142. The van der Waals surface area contributed by atoms with Crippen molar-refractivity contribution in [3.8, 4) is 5.75 Å². The van der Waals surface area contributed by atoms with Crippen molar-refractivity contribution in [2.75, 3.05) is 6.54 Å². The molecule has 3 unspecified atom stereocenters. The zero-order valence-electron chi connectivity index (χ0n) is 24.2. The molecule has 0 aliphatic carbocycles. The molecule has 2 aromatic heterocycles. The molecular formula is C33H34N6O6. The fourth-order valence-corrected chi connectivity index (χ4v) is 5.24. The van der Waals surface area contributed by atoms with Gasteiger partial charge in [-0.05, 0) is 47.4 Å². The van der Waals surface area contributed by atoms with E-state index >= 15 is 0 Å². The number of aromatic nitrogens is 2. The summed E-state index contributed by atoms with van der Waals surface area (Å²) in [5, 5.41) is 28.9. The highest BCUT2D eigenvalue weighted by molar-refractivity contribution is 5.94. The summed E-state index contributed by atoms with van der Waals surface area (Å²) >= 11 is 0. The molecule has 12 nitrogen and oxygen atoms in total. The first-order valence-electron chi connectivity index (χ1n) is 14.4. The van der Waals surface area contributed by atoms with Crippen molar-refractivity contribution in [2.45, 2.75) is 37.4 Å². The van der Waals surface area contributed by atoms with E-state index in [1.54, 1.807) is 24.5 Å². The lowest BCUT2D eigenvalue weighted by Gasteiger charge is -2.22. The molecule has 0 aliphatic heterocycles. The predicted molar refractivity (Wildman–Crippen MR) is 168 cm³/mol. The van der Waals surface area contributed by atoms with Crippen LogP contribution in [0.4, 0.5) is 0 Å². The molecule has 5 aromatic rings. The molecule has 0 fully saturated rings. The number of aliphatic carboxylic acids is 1. The fraction of sp³-hybridized carbons (Fsp3) is 0.212. The van der Waals surface area contributed by atoms with Gasteiger partial charge >= 0.3 is 5.97 Å². The van der Waals surface area contributed by atoms with Crippen LogP contribution in [-0.4, -0.2) is 68.5 Å². The molecule has 0 saturated carbocycles. The first kappa shape index (κ1) is 30.8. The van der Waals surface area contributed by atoms with Crippen molar-refractivity contribution < 1.29 is 29.4 Å². The second kappa shape index (κ2) is 13.8. The first-order chi connectivity index (χ1) is 21.7. The number of carbonyl (C=O) groups excluding carboxylic acids is 3. The minimum absolute atomic E-state index is 0.0298. The van der Waals surface area contributed by atoms with E-state index in [9.17, 15) is 29.4 Å². The van der Waals surface area contributed by atoms with Gasteiger partial charge in [-0.15, -0.1) is 0 Å². The molecule has 0 radical (unpaired) electrons. The Bertz CT molecular complexity index is 1830. The van der Waals surface area contributed by atoms with E-state index in [0.717, 1.165) is 32.9 Å². The smallest absolute Gasteiger partial charge is 0.326 e. The molecule has 0 aliphatic rings. The summed E-state index contributed by atoms with van der Waals surface area (Å²) in [5.41, 5.74) is 10.1. The van der Waals surface area contributed by atoms with Crippen molar-refractivity contribution in [1.82, 2.24) is 25.9 Å². The van der Waals surface area contributed by atoms with Gasteiger partial charge in [-0.3, -0.25) is 14.4 Å². The average Bonchev–Trinajstić information content (AvgIpc) is 3.64. The van der Waals surface area contributed by atoms with Gasteiger partial charge in [0, 0.05) is 47.0 Å². The van der Waals surface area contributed by atoms with Gasteiger partial charge < -0.3 is 41.9 Å². The summed E-state index contributed by atoms with van der Waals surface area (Å²) in [6.07, 6.45) is 3.79. The van der Waals surface area contributed by atoms with E-state index in [4.69, 9.17) is 5.73 Å². The molecule has 2 heterocycles. The molecule has 3 amide bonds. The molecule has 232 valence electrons. The SMILES string of the molecule is NC(Cc1c[nH]c2ccccc12)C(=O)NCC(=O)NC(Cc1c[nH]c2ccccc12)C(=O)NC(Cc1ccc(O)cc1)C(=O)O. The molecule has 9 N–H and O–H groups in total. The maximum absolute atomic E-state index is 13.5. The van der Waals surface area contributed by atoms with Crippen LogP contribution in [-0.2, 0) is 38.4 Å². The number of carbonyl (C=O) groups is 4. The highest BCUT2D eigenvalue weighted by Gasteiger charge is 2.28. The number of carboxylic acids is 1. The standard InChI is InChI=1S/C33H34N6O6/c34-25(14-20-16-35-26-7-3-1-5-23(20)26)31(42)37-18-30(41)38-28(15-21-17-36-27-8-4-2-6-24(21)27)32(43)39-29(33(44)45)13-19-9-11-22(40)12-10-19/h1-12,16-17,25,28-29,35-36,40H,13-15,18,34H2,(H,37,42)(H,38,41)(H,39,43)(H,44,45). The van der Waals surface area contributed by atoms with Crippen LogP contribution in [0.3, 0.4) is 0 Å². The van der Waals surface area contributed by atoms with E-state index in [1.807, 2.05) is 48.5 Å². The average molecular weight is 611 g/mol. The Balaban J connectivity index is 1.25. The van der Waals surface area contributed by atoms with Crippen molar-refractivity contribution in [3.05, 3.63) is 102 Å². The number of phenolic OH excluding ortho intramolecular Hbond substituents is 1. The molecule has 0 saturated heterocycles. The minimum Gasteiger partial charge on any atom is -0.508 e. The quantitative estimate of drug-likeness (QED) is 0.0994. The van der Waals surface area contributed by atoms with Crippen LogP contribution in [0.25, 0.3) is 21.8 Å². The number of aromatic hydroxyl groups is 1. The van der Waals surface area contributed by atoms with Crippen LogP contribution in [0.5, 0.6) is 5.75 Å². The maximum atomic E-state index is 13.5. The number of fused-ring (bicyclic) bond motifs is 2. The number of hydrogen-bond acceptors (Lipinski definition) is 6. The van der Waals surface area contributed by atoms with Gasteiger partial charge in [-0.2, -0.15) is 0 Å². The summed E-state index contributed by atoms with van der Waals surface area (Å²) in [6, 6.07) is 17.7. The third-order valence-corrected chi connectivity index (χ3v) is 7.62. The number of para-hydroxylation sites is 2. The number of aromatic amines is 2. The van der Waals surface area contributed by atoms with E-state index in [1.165, 1.54) is 12.1 Å². The van der Waals surface area contributed by atoms with Gasteiger partial charge in [-0.25, -0.2) is 4.79 Å². The molecular weight excluding hydrogens is 576 g/mol. The van der Waals surface area contributed by atoms with Crippen LogP contribution >= 0.6 is 0 Å². The predicted octanol–water partition coefficient (Wildman–Crippen LogP) is 1.88. The maximum Gasteiger partial charge on any atom is 0.326 e. The summed E-state index contributed by atoms with van der Waals surface area (Å²) in [4.78, 5) is 57.6. The number of carboxylic acid groups (broad SMARTS) is 1. The fourth-order valence-electron chi connectivity index (χ4n) is 5.24. The molecule has 45 heavy (non-hydrogen) atoms. The Morgan fingerprint density at radius 3 is 1.89 bits per heavy atom. The Labute approximate surface area is 258 Å². The minimum atomic E-state index is -1.30. The normalized spacial score (nSPS) is 13.2. The number of nitrogens with one attached hydrogen (secondary N) is 5. The van der Waals surface area contributed by atoms with Gasteiger partial charge in [0.1, 0.15) is 17.8 Å². The summed E-state index contributed by atoms with van der Waals surface area (Å²) in [7, 11) is 0. The summed E-state index contributed by atoms with van der Waals surface area (Å²) < 4.78 is 0. The van der Waals surface area contributed by atoms with E-state index in [-0.39, 0.29) is 25.0 Å². The number of rotatable bonds is 13. The molecule has 12 heteroatoms. The second-order valence-electron chi connectivity index (χ2n) is 10.8. The lowest BCUT2D eigenvalue weighted by Crippen LogP contribution is -2.55. The number of H-pyrrole nitrogens is 2. The number of amides is 3. The van der Waals surface area contributed by atoms with Crippen LogP contribution in [0, 0.1) is 0 Å². The number of nitrogens with two attached hydrogens (primary N) is 1. The summed E-state index contributed by atoms with van der Waals surface area (Å²) in [6.45, 7) is -0.437. The Morgan fingerprint density at radius 1 is 0.711 bits per heavy atom. The van der Waals surface area contributed by atoms with Crippen LogP contribution in [0.15, 0.2) is 85.2 Å². The van der Waals surface area contributed by atoms with Gasteiger partial charge in [0.2, 0.25) is 17.7 Å². The van der Waals surface area contributed by atoms with Crippen LogP contribution < -0.4 is 21.7 Å². The zero-order valence-corrected chi connectivity index (χ0v) is 24.2. The number of phenols is 1. The van der Waals surface area contributed by atoms with Crippen LogP contribution in [0.1, 0.15) is 16.7 Å². The van der Waals surface area contributed by atoms with Gasteiger partial charge in [0.25, 0.3) is 0 Å². The molecule has 0 spiro atoms. The first-order valence-corrected chi connectivity index (χ1v) is 14.4. The molecule has 0 bridgehead atoms. The van der Waals surface area contributed by atoms with Gasteiger partial charge in [0.15, 0.2) is 0 Å². The van der Waals surface area contributed by atoms with E-state index < -0.39 is 48.4 Å². The van der Waals surface area contributed by atoms with E-state index in [0.29, 0.717) is 5.56 Å².